The molecule has 1 aromatic carbocycles. The molecule has 1 amide bonds. The van der Waals surface area contributed by atoms with Crippen molar-refractivity contribution in [3.05, 3.63) is 53.3 Å². The van der Waals surface area contributed by atoms with Gasteiger partial charge in [-0.15, -0.1) is 0 Å². The van der Waals surface area contributed by atoms with Crippen LogP contribution in [-0.2, 0) is 20.9 Å². The number of carbonyl (C=O) groups excluding carboxylic acids is 1. The van der Waals surface area contributed by atoms with Crippen LogP contribution < -0.4 is 0 Å². The number of pyridine rings is 1. The predicted octanol–water partition coefficient (Wildman–Crippen LogP) is 3.20. The number of hydrogen-bond donors (Lipinski definition) is 4. The SMILES string of the molecule is Cc1cc(-c2cccnc2)cc2c1C(=O)N(C(C)CC(C)C)C2.O=C(O)CC(O)(CC(=O)O)C(=O)O. The van der Waals surface area contributed by atoms with Crippen LogP contribution in [0.4, 0.5) is 0 Å². The summed E-state index contributed by atoms with van der Waals surface area (Å²) in [5.74, 6) is -4.24. The third-order valence-electron chi connectivity index (χ3n) is 5.86. The lowest BCUT2D eigenvalue weighted by atomic mass is 9.96. The van der Waals surface area contributed by atoms with E-state index in [4.69, 9.17) is 20.4 Å². The zero-order valence-electron chi connectivity index (χ0n) is 20.8. The van der Waals surface area contributed by atoms with Gasteiger partial charge in [-0.25, -0.2) is 4.79 Å². The largest absolute Gasteiger partial charge is 0.481 e. The Labute approximate surface area is 209 Å². The average Bonchev–Trinajstić information content (AvgIpc) is 3.10. The number of benzene rings is 1. The zero-order chi connectivity index (χ0) is 27.2. The third-order valence-corrected chi connectivity index (χ3v) is 5.86. The molecule has 0 aliphatic carbocycles. The van der Waals surface area contributed by atoms with Gasteiger partial charge in [0.1, 0.15) is 0 Å². The standard InChI is InChI=1S/C20H24N2O.C6H8O7/c1-13(2)8-15(4)22-12-18-10-17(16-6-5-7-21-11-16)9-14(3)19(18)20(22)23;7-3(8)1-6(13,5(11)12)2-4(9)10/h5-7,9-11,13,15H,8,12H2,1-4H3;13H,1-2H2,(H,7,8)(H,9,10)(H,11,12). The second-order valence-corrected chi connectivity index (χ2v) is 9.46. The Bertz CT molecular complexity index is 1110. The summed E-state index contributed by atoms with van der Waals surface area (Å²) >= 11 is 0. The van der Waals surface area contributed by atoms with Crippen LogP contribution in [0.2, 0.25) is 0 Å². The quantitative estimate of drug-likeness (QED) is 0.404. The molecule has 10 heteroatoms. The lowest BCUT2D eigenvalue weighted by Gasteiger charge is -2.25. The van der Waals surface area contributed by atoms with Crippen LogP contribution >= 0.6 is 0 Å². The van der Waals surface area contributed by atoms with Crippen LogP contribution in [0.15, 0.2) is 36.7 Å². The van der Waals surface area contributed by atoms with E-state index in [-0.39, 0.29) is 11.9 Å². The van der Waals surface area contributed by atoms with Crippen molar-refractivity contribution in [2.45, 2.75) is 65.1 Å². The summed E-state index contributed by atoms with van der Waals surface area (Å²) in [6.07, 6.45) is 2.40. The second kappa shape index (κ2) is 11.8. The first-order valence-electron chi connectivity index (χ1n) is 11.5. The van der Waals surface area contributed by atoms with Gasteiger partial charge in [0.05, 0.1) is 12.8 Å². The molecule has 0 spiro atoms. The molecule has 1 aliphatic rings. The number of carbonyl (C=O) groups is 4. The summed E-state index contributed by atoms with van der Waals surface area (Å²) in [5.41, 5.74) is 2.60. The number of rotatable bonds is 9. The fourth-order valence-electron chi connectivity index (χ4n) is 4.27. The molecule has 1 aromatic heterocycles. The Kier molecular flexibility index (Phi) is 9.29. The molecule has 10 nitrogen and oxygen atoms in total. The van der Waals surface area contributed by atoms with Crippen LogP contribution in [0.3, 0.4) is 0 Å². The minimum absolute atomic E-state index is 0.184. The molecule has 3 rings (SSSR count). The number of hydrogen-bond acceptors (Lipinski definition) is 6. The van der Waals surface area contributed by atoms with E-state index in [2.05, 4.69) is 44.0 Å². The first-order chi connectivity index (χ1) is 16.7. The zero-order valence-corrected chi connectivity index (χ0v) is 20.8. The van der Waals surface area contributed by atoms with E-state index in [0.717, 1.165) is 40.8 Å². The van der Waals surface area contributed by atoms with E-state index in [0.29, 0.717) is 5.92 Å². The van der Waals surface area contributed by atoms with Gasteiger partial charge in [0.15, 0.2) is 5.60 Å². The van der Waals surface area contributed by atoms with Gasteiger partial charge < -0.3 is 25.3 Å². The first kappa shape index (κ1) is 28.4. The molecule has 0 fully saturated rings. The Morgan fingerprint density at radius 1 is 1.06 bits per heavy atom. The number of nitrogens with zero attached hydrogens (tertiary/aromatic N) is 2. The molecule has 0 saturated carbocycles. The van der Waals surface area contributed by atoms with Gasteiger partial charge in [0.2, 0.25) is 0 Å². The number of aliphatic carboxylic acids is 3. The number of aliphatic hydroxyl groups is 1. The molecule has 2 aromatic rings. The lowest BCUT2D eigenvalue weighted by molar-refractivity contribution is -0.170. The molecule has 194 valence electrons. The van der Waals surface area contributed by atoms with Crippen LogP contribution in [-0.4, -0.2) is 65.8 Å². The summed E-state index contributed by atoms with van der Waals surface area (Å²) < 4.78 is 0. The minimum Gasteiger partial charge on any atom is -0.481 e. The maximum Gasteiger partial charge on any atom is 0.336 e. The van der Waals surface area contributed by atoms with Crippen LogP contribution in [0.5, 0.6) is 0 Å². The molecule has 1 atom stereocenters. The van der Waals surface area contributed by atoms with Crippen molar-refractivity contribution in [1.82, 2.24) is 9.88 Å². The monoisotopic (exact) mass is 500 g/mol. The van der Waals surface area contributed by atoms with Gasteiger partial charge >= 0.3 is 17.9 Å². The van der Waals surface area contributed by atoms with Gasteiger partial charge in [-0.2, -0.15) is 0 Å². The number of amides is 1. The van der Waals surface area contributed by atoms with Gasteiger partial charge in [0, 0.05) is 36.1 Å². The maximum atomic E-state index is 12.8. The molecular formula is C26H32N2O8. The molecule has 2 heterocycles. The van der Waals surface area contributed by atoms with Gasteiger partial charge in [-0.1, -0.05) is 26.0 Å². The van der Waals surface area contributed by atoms with Crippen LogP contribution in [0.1, 0.15) is 61.5 Å². The van der Waals surface area contributed by atoms with E-state index >= 15 is 0 Å². The Morgan fingerprint density at radius 3 is 2.14 bits per heavy atom. The van der Waals surface area contributed by atoms with Crippen molar-refractivity contribution in [3.63, 3.8) is 0 Å². The molecule has 4 N–H and O–H groups in total. The number of aromatic nitrogens is 1. The van der Waals surface area contributed by atoms with Crippen molar-refractivity contribution in [2.24, 2.45) is 5.92 Å². The molecule has 0 saturated heterocycles. The summed E-state index contributed by atoms with van der Waals surface area (Å²) in [7, 11) is 0. The number of aryl methyl sites for hydroxylation is 1. The number of carboxylic acid groups (broad SMARTS) is 3. The van der Waals surface area contributed by atoms with Gasteiger partial charge in [-0.3, -0.25) is 19.4 Å². The predicted molar refractivity (Wildman–Crippen MR) is 130 cm³/mol. The molecule has 1 aliphatic heterocycles. The minimum atomic E-state index is -2.74. The molecule has 36 heavy (non-hydrogen) atoms. The highest BCUT2D eigenvalue weighted by Gasteiger charge is 2.40. The van der Waals surface area contributed by atoms with Crippen LogP contribution in [0, 0.1) is 12.8 Å². The highest BCUT2D eigenvalue weighted by atomic mass is 16.4. The van der Waals surface area contributed by atoms with E-state index < -0.39 is 36.4 Å². The Balaban J connectivity index is 0.000000302. The van der Waals surface area contributed by atoms with Gasteiger partial charge in [-0.05, 0) is 55.0 Å². The maximum absolute atomic E-state index is 12.8. The number of carboxylic acids is 3. The van der Waals surface area contributed by atoms with Crippen LogP contribution in [0.25, 0.3) is 11.1 Å². The van der Waals surface area contributed by atoms with E-state index in [1.165, 1.54) is 0 Å². The molecule has 0 bridgehead atoms. The van der Waals surface area contributed by atoms with Crippen molar-refractivity contribution in [2.75, 3.05) is 0 Å². The Morgan fingerprint density at radius 2 is 1.67 bits per heavy atom. The van der Waals surface area contributed by atoms with Crippen molar-refractivity contribution >= 4 is 23.8 Å². The first-order valence-corrected chi connectivity index (χ1v) is 11.5. The third kappa shape index (κ3) is 7.11. The fraction of sp³-hybridized carbons (Fsp3) is 0.423. The fourth-order valence-corrected chi connectivity index (χ4v) is 4.27. The molecule has 1 unspecified atom stereocenters. The lowest BCUT2D eigenvalue weighted by Crippen LogP contribution is -2.42. The normalized spacial score (nSPS) is 13.6. The van der Waals surface area contributed by atoms with Crippen molar-refractivity contribution < 1.29 is 39.6 Å². The highest BCUT2D eigenvalue weighted by Crippen LogP contribution is 2.33. The van der Waals surface area contributed by atoms with E-state index in [1.54, 1.807) is 6.20 Å². The van der Waals surface area contributed by atoms with E-state index in [9.17, 15) is 19.2 Å². The topological polar surface area (TPSA) is 165 Å². The average molecular weight is 501 g/mol. The summed E-state index contributed by atoms with van der Waals surface area (Å²) in [6.45, 7) is 9.32. The smallest absolute Gasteiger partial charge is 0.336 e. The summed E-state index contributed by atoms with van der Waals surface area (Å²) in [6, 6.07) is 8.53. The highest BCUT2D eigenvalue weighted by molar-refractivity contribution is 6.00. The molecule has 0 radical (unpaired) electrons. The van der Waals surface area contributed by atoms with Crippen molar-refractivity contribution in [1.29, 1.82) is 0 Å². The second-order valence-electron chi connectivity index (χ2n) is 9.46. The van der Waals surface area contributed by atoms with Crippen molar-refractivity contribution in [3.8, 4) is 11.1 Å². The van der Waals surface area contributed by atoms with Gasteiger partial charge in [0.25, 0.3) is 5.91 Å². The number of fused-ring (bicyclic) bond motifs is 1. The van der Waals surface area contributed by atoms with E-state index in [1.807, 2.05) is 24.1 Å². The summed E-state index contributed by atoms with van der Waals surface area (Å²) in [5, 5.41) is 33.8. The summed E-state index contributed by atoms with van der Waals surface area (Å²) in [4.78, 5) is 49.5. The Hall–Kier alpha value is -3.79. The molecular weight excluding hydrogens is 468 g/mol.